The summed E-state index contributed by atoms with van der Waals surface area (Å²) in [6.07, 6.45) is 0.692. The predicted octanol–water partition coefficient (Wildman–Crippen LogP) is 4.76. The van der Waals surface area contributed by atoms with Crippen LogP contribution in [0.15, 0.2) is 34.8 Å². The van der Waals surface area contributed by atoms with Crippen molar-refractivity contribution in [1.82, 2.24) is 5.32 Å². The molecule has 1 aliphatic heterocycles. The fourth-order valence-electron chi connectivity index (χ4n) is 2.89. The van der Waals surface area contributed by atoms with Crippen LogP contribution in [0.1, 0.15) is 35.3 Å². The Balaban J connectivity index is 1.85. The molecule has 138 valence electrons. The van der Waals surface area contributed by atoms with Crippen molar-refractivity contribution >= 4 is 33.4 Å². The standard InChI is InChI=1S/C19H19BrClNO4/c1-3-25-18-14(21)8-11(9-17(18)24-2)19(23)22-15-6-7-26-16-5-4-12(20)10-13(15)16/h4-5,8-10,15H,3,6-7H2,1-2H3,(H,22,23). The summed E-state index contributed by atoms with van der Waals surface area (Å²) in [4.78, 5) is 12.8. The van der Waals surface area contributed by atoms with Crippen LogP contribution in [0, 0.1) is 0 Å². The van der Waals surface area contributed by atoms with Gasteiger partial charge in [-0.2, -0.15) is 0 Å². The second kappa shape index (κ2) is 8.18. The molecule has 0 aromatic heterocycles. The maximum Gasteiger partial charge on any atom is 0.251 e. The van der Waals surface area contributed by atoms with Crippen LogP contribution >= 0.6 is 27.5 Å². The van der Waals surface area contributed by atoms with Crippen molar-refractivity contribution in [3.05, 3.63) is 51.0 Å². The first kappa shape index (κ1) is 18.9. The Kier molecular flexibility index (Phi) is 5.94. The number of hydrogen-bond donors (Lipinski definition) is 1. The van der Waals surface area contributed by atoms with Crippen LogP contribution in [-0.2, 0) is 0 Å². The molecule has 2 aromatic carbocycles. The first-order valence-corrected chi connectivity index (χ1v) is 9.44. The van der Waals surface area contributed by atoms with Gasteiger partial charge in [-0.05, 0) is 37.3 Å². The number of halogens is 2. The Bertz CT molecular complexity index is 827. The first-order valence-electron chi connectivity index (χ1n) is 8.27. The van der Waals surface area contributed by atoms with E-state index in [1.165, 1.54) is 7.11 Å². The molecule has 0 saturated heterocycles. The Morgan fingerprint density at radius 3 is 2.92 bits per heavy atom. The number of carbonyl (C=O) groups excluding carboxylic acids is 1. The minimum atomic E-state index is -0.230. The van der Waals surface area contributed by atoms with Crippen LogP contribution in [0.3, 0.4) is 0 Å². The highest BCUT2D eigenvalue weighted by molar-refractivity contribution is 9.10. The number of fused-ring (bicyclic) bond motifs is 1. The Morgan fingerprint density at radius 1 is 1.38 bits per heavy atom. The van der Waals surface area contributed by atoms with E-state index in [2.05, 4.69) is 21.2 Å². The molecule has 1 heterocycles. The molecule has 1 N–H and O–H groups in total. The van der Waals surface area contributed by atoms with Crippen molar-refractivity contribution in [3.63, 3.8) is 0 Å². The molecule has 1 atom stereocenters. The van der Waals surface area contributed by atoms with E-state index in [0.717, 1.165) is 15.8 Å². The molecule has 0 bridgehead atoms. The normalized spacial score (nSPS) is 15.6. The molecule has 0 radical (unpaired) electrons. The largest absolute Gasteiger partial charge is 0.493 e. The summed E-state index contributed by atoms with van der Waals surface area (Å²) in [5.41, 5.74) is 1.36. The van der Waals surface area contributed by atoms with Gasteiger partial charge in [0.15, 0.2) is 11.5 Å². The number of methoxy groups -OCH3 is 1. The zero-order valence-electron chi connectivity index (χ0n) is 14.5. The monoisotopic (exact) mass is 439 g/mol. The lowest BCUT2D eigenvalue weighted by molar-refractivity contribution is 0.0924. The molecule has 5 nitrogen and oxygen atoms in total. The zero-order chi connectivity index (χ0) is 18.7. The molecule has 1 aliphatic rings. The summed E-state index contributed by atoms with van der Waals surface area (Å²) < 4.78 is 17.4. The van der Waals surface area contributed by atoms with E-state index in [4.69, 9.17) is 25.8 Å². The van der Waals surface area contributed by atoms with Crippen molar-refractivity contribution in [2.75, 3.05) is 20.3 Å². The maximum atomic E-state index is 12.8. The number of rotatable bonds is 5. The third-order valence-electron chi connectivity index (χ3n) is 4.10. The van der Waals surface area contributed by atoms with Gasteiger partial charge >= 0.3 is 0 Å². The van der Waals surface area contributed by atoms with E-state index in [-0.39, 0.29) is 11.9 Å². The summed E-state index contributed by atoms with van der Waals surface area (Å²) in [7, 11) is 1.52. The molecule has 0 saturated carbocycles. The van der Waals surface area contributed by atoms with Crippen LogP contribution in [0.2, 0.25) is 5.02 Å². The van der Waals surface area contributed by atoms with Gasteiger partial charge in [-0.25, -0.2) is 0 Å². The Hall–Kier alpha value is -1.92. The van der Waals surface area contributed by atoms with Crippen LogP contribution in [0.25, 0.3) is 0 Å². The van der Waals surface area contributed by atoms with Gasteiger partial charge < -0.3 is 19.5 Å². The van der Waals surface area contributed by atoms with Crippen LogP contribution < -0.4 is 19.5 Å². The highest BCUT2D eigenvalue weighted by atomic mass is 79.9. The highest BCUT2D eigenvalue weighted by Gasteiger charge is 2.25. The lowest BCUT2D eigenvalue weighted by Crippen LogP contribution is -2.32. The molecule has 0 fully saturated rings. The number of amides is 1. The van der Waals surface area contributed by atoms with Crippen LogP contribution in [0.4, 0.5) is 0 Å². The van der Waals surface area contributed by atoms with Crippen molar-refractivity contribution in [1.29, 1.82) is 0 Å². The third-order valence-corrected chi connectivity index (χ3v) is 4.87. The van der Waals surface area contributed by atoms with E-state index >= 15 is 0 Å². The van der Waals surface area contributed by atoms with Gasteiger partial charge in [0.1, 0.15) is 5.75 Å². The average Bonchev–Trinajstić information content (AvgIpc) is 2.63. The Labute approximate surface area is 165 Å². The van der Waals surface area contributed by atoms with Crippen LogP contribution in [0.5, 0.6) is 17.2 Å². The van der Waals surface area contributed by atoms with E-state index in [1.54, 1.807) is 12.1 Å². The van der Waals surface area contributed by atoms with Gasteiger partial charge in [-0.15, -0.1) is 0 Å². The summed E-state index contributed by atoms with van der Waals surface area (Å²) in [6.45, 7) is 2.86. The van der Waals surface area contributed by atoms with Gasteiger partial charge in [-0.3, -0.25) is 4.79 Å². The lowest BCUT2D eigenvalue weighted by atomic mass is 10.00. The fourth-order valence-corrected chi connectivity index (χ4v) is 3.54. The maximum absolute atomic E-state index is 12.8. The fraction of sp³-hybridized carbons (Fsp3) is 0.316. The number of benzene rings is 2. The SMILES string of the molecule is CCOc1c(Cl)cc(C(=O)NC2CCOc3ccc(Br)cc32)cc1OC. The van der Waals surface area contributed by atoms with Crippen molar-refractivity contribution in [2.24, 2.45) is 0 Å². The second-order valence-electron chi connectivity index (χ2n) is 5.77. The predicted molar refractivity (Wildman–Crippen MR) is 104 cm³/mol. The molecule has 1 unspecified atom stereocenters. The molecular formula is C19H19BrClNO4. The van der Waals surface area contributed by atoms with E-state index in [0.29, 0.717) is 41.7 Å². The molecule has 0 aliphatic carbocycles. The third kappa shape index (κ3) is 3.91. The number of carbonyl (C=O) groups is 1. The topological polar surface area (TPSA) is 56.8 Å². The smallest absolute Gasteiger partial charge is 0.251 e. The number of hydrogen-bond acceptors (Lipinski definition) is 4. The molecule has 7 heteroatoms. The molecule has 26 heavy (non-hydrogen) atoms. The molecule has 1 amide bonds. The van der Waals surface area contributed by atoms with E-state index in [1.807, 2.05) is 25.1 Å². The molecule has 0 spiro atoms. The van der Waals surface area contributed by atoms with Gasteiger partial charge in [0.05, 0.1) is 31.4 Å². The lowest BCUT2D eigenvalue weighted by Gasteiger charge is -2.27. The van der Waals surface area contributed by atoms with Crippen molar-refractivity contribution in [3.8, 4) is 17.2 Å². The summed E-state index contributed by atoms with van der Waals surface area (Å²) in [5, 5.41) is 3.39. The van der Waals surface area contributed by atoms with E-state index in [9.17, 15) is 4.79 Å². The minimum absolute atomic E-state index is 0.139. The quantitative estimate of drug-likeness (QED) is 0.728. The van der Waals surface area contributed by atoms with Gasteiger partial charge in [0.2, 0.25) is 0 Å². The number of nitrogens with one attached hydrogen (secondary N) is 1. The van der Waals surface area contributed by atoms with E-state index < -0.39 is 0 Å². The summed E-state index contributed by atoms with van der Waals surface area (Å²) in [6, 6.07) is 8.86. The van der Waals surface area contributed by atoms with Gasteiger partial charge in [-0.1, -0.05) is 27.5 Å². The van der Waals surface area contributed by atoms with Gasteiger partial charge in [0, 0.05) is 22.0 Å². The second-order valence-corrected chi connectivity index (χ2v) is 7.09. The van der Waals surface area contributed by atoms with Crippen molar-refractivity contribution in [2.45, 2.75) is 19.4 Å². The zero-order valence-corrected chi connectivity index (χ0v) is 16.8. The molecule has 2 aromatic rings. The highest BCUT2D eigenvalue weighted by Crippen LogP contribution is 2.37. The van der Waals surface area contributed by atoms with Crippen molar-refractivity contribution < 1.29 is 19.0 Å². The van der Waals surface area contributed by atoms with Gasteiger partial charge in [0.25, 0.3) is 5.91 Å². The Morgan fingerprint density at radius 2 is 2.19 bits per heavy atom. The van der Waals surface area contributed by atoms with Crippen LogP contribution in [-0.4, -0.2) is 26.2 Å². The molecule has 3 rings (SSSR count). The number of ether oxygens (including phenoxy) is 3. The average molecular weight is 441 g/mol. The summed E-state index contributed by atoms with van der Waals surface area (Å²) in [5.74, 6) is 1.42. The molecular weight excluding hydrogens is 422 g/mol. The summed E-state index contributed by atoms with van der Waals surface area (Å²) >= 11 is 9.73. The first-order chi connectivity index (χ1) is 12.5. The minimum Gasteiger partial charge on any atom is -0.493 e.